The van der Waals surface area contributed by atoms with E-state index < -0.39 is 17.8 Å². The van der Waals surface area contributed by atoms with Gasteiger partial charge in [0.1, 0.15) is 5.82 Å². The molecule has 1 N–H and O–H groups in total. The zero-order valence-electron chi connectivity index (χ0n) is 15.7. The number of carbonyl (C=O) groups is 1. The van der Waals surface area contributed by atoms with E-state index >= 15 is 0 Å². The number of para-hydroxylation sites is 1. The van der Waals surface area contributed by atoms with Crippen molar-refractivity contribution in [1.29, 1.82) is 0 Å². The molecule has 0 spiro atoms. The molecule has 144 valence electrons. The lowest BCUT2D eigenvalue weighted by Gasteiger charge is -2.16. The molecule has 4 aromatic rings. The van der Waals surface area contributed by atoms with Crippen LogP contribution < -0.4 is 10.9 Å². The smallest absolute Gasteiger partial charge is 0.279 e. The molecular formula is C23H18FN3O2. The fourth-order valence-corrected chi connectivity index (χ4v) is 3.27. The van der Waals surface area contributed by atoms with Gasteiger partial charge in [-0.3, -0.25) is 9.59 Å². The molecule has 0 fully saturated rings. The van der Waals surface area contributed by atoms with E-state index in [-0.39, 0.29) is 11.3 Å². The first-order chi connectivity index (χ1) is 14.1. The molecule has 6 heteroatoms. The van der Waals surface area contributed by atoms with Crippen LogP contribution in [0, 0.1) is 5.82 Å². The van der Waals surface area contributed by atoms with Gasteiger partial charge < -0.3 is 5.32 Å². The number of rotatable bonds is 4. The fourth-order valence-electron chi connectivity index (χ4n) is 3.27. The maximum atomic E-state index is 14.1. The molecule has 1 unspecified atom stereocenters. The van der Waals surface area contributed by atoms with E-state index in [1.807, 2.05) is 6.07 Å². The molecule has 0 bridgehead atoms. The first kappa shape index (κ1) is 18.6. The number of nitrogens with zero attached hydrogens (tertiary/aromatic N) is 2. The molecule has 29 heavy (non-hydrogen) atoms. The molecule has 0 saturated carbocycles. The quantitative estimate of drug-likeness (QED) is 0.575. The van der Waals surface area contributed by atoms with Gasteiger partial charge in [0.25, 0.3) is 11.5 Å². The van der Waals surface area contributed by atoms with Crippen molar-refractivity contribution < 1.29 is 9.18 Å². The van der Waals surface area contributed by atoms with Crippen molar-refractivity contribution in [2.45, 2.75) is 13.0 Å². The van der Waals surface area contributed by atoms with Crippen LogP contribution in [0.25, 0.3) is 16.5 Å². The normalized spacial score (nSPS) is 11.9. The third-order valence-corrected chi connectivity index (χ3v) is 4.74. The SMILES string of the molecule is CC(NC(=O)c1nn(-c2ccccc2)c(=O)c2ccccc12)c1ccccc1F. The molecule has 0 saturated heterocycles. The van der Waals surface area contributed by atoms with Crippen molar-refractivity contribution in [3.05, 3.63) is 106 Å². The molecule has 4 rings (SSSR count). The maximum Gasteiger partial charge on any atom is 0.279 e. The molecule has 0 aliphatic heterocycles. The summed E-state index contributed by atoms with van der Waals surface area (Å²) in [4.78, 5) is 25.9. The minimum Gasteiger partial charge on any atom is -0.344 e. The summed E-state index contributed by atoms with van der Waals surface area (Å²) in [6.07, 6.45) is 0. The summed E-state index contributed by atoms with van der Waals surface area (Å²) in [6, 6.07) is 21.4. The molecular weight excluding hydrogens is 369 g/mol. The van der Waals surface area contributed by atoms with Gasteiger partial charge in [-0.2, -0.15) is 9.78 Å². The standard InChI is InChI=1S/C23H18FN3O2/c1-15(17-11-7-8-14-20(17)24)25-22(28)21-18-12-5-6-13-19(18)23(29)27(26-21)16-9-3-2-4-10-16/h2-15H,1H3,(H,25,28). The molecule has 5 nitrogen and oxygen atoms in total. The number of amides is 1. The molecule has 0 aliphatic rings. The van der Waals surface area contributed by atoms with Gasteiger partial charge in [-0.1, -0.05) is 54.6 Å². The van der Waals surface area contributed by atoms with E-state index in [1.54, 1.807) is 73.7 Å². The lowest BCUT2D eigenvalue weighted by molar-refractivity contribution is 0.0934. The van der Waals surface area contributed by atoms with Gasteiger partial charge in [0.2, 0.25) is 0 Å². The van der Waals surface area contributed by atoms with Crippen LogP contribution in [-0.4, -0.2) is 15.7 Å². The van der Waals surface area contributed by atoms with Crippen LogP contribution in [0.1, 0.15) is 29.0 Å². The van der Waals surface area contributed by atoms with Crippen molar-refractivity contribution in [3.8, 4) is 5.69 Å². The summed E-state index contributed by atoms with van der Waals surface area (Å²) in [5.41, 5.74) is 0.721. The van der Waals surface area contributed by atoms with Crippen LogP contribution in [0.2, 0.25) is 0 Å². The van der Waals surface area contributed by atoms with Gasteiger partial charge in [-0.05, 0) is 31.2 Å². The van der Waals surface area contributed by atoms with Gasteiger partial charge in [0.05, 0.1) is 17.1 Å². The Morgan fingerprint density at radius 1 is 0.931 bits per heavy atom. The van der Waals surface area contributed by atoms with E-state index in [4.69, 9.17) is 0 Å². The average molecular weight is 387 g/mol. The Kier molecular flexibility index (Phi) is 4.91. The number of nitrogens with one attached hydrogen (secondary N) is 1. The number of aromatic nitrogens is 2. The van der Waals surface area contributed by atoms with Crippen molar-refractivity contribution in [2.24, 2.45) is 0 Å². The Hall–Kier alpha value is -3.80. The van der Waals surface area contributed by atoms with Crippen molar-refractivity contribution in [3.63, 3.8) is 0 Å². The summed E-state index contributed by atoms with van der Waals surface area (Å²) in [6.45, 7) is 1.70. The Labute approximate surface area is 166 Å². The number of benzene rings is 3. The van der Waals surface area contributed by atoms with Crippen LogP contribution in [0.15, 0.2) is 83.7 Å². The van der Waals surface area contributed by atoms with Crippen molar-refractivity contribution in [2.75, 3.05) is 0 Å². The Morgan fingerprint density at radius 3 is 2.28 bits per heavy atom. The highest BCUT2D eigenvalue weighted by Gasteiger charge is 2.20. The molecule has 0 aliphatic carbocycles. The maximum absolute atomic E-state index is 14.1. The number of hydrogen-bond donors (Lipinski definition) is 1. The minimum atomic E-state index is -0.568. The number of fused-ring (bicyclic) bond motifs is 1. The summed E-state index contributed by atoms with van der Waals surface area (Å²) in [5, 5.41) is 7.96. The largest absolute Gasteiger partial charge is 0.344 e. The van der Waals surface area contributed by atoms with Crippen molar-refractivity contribution in [1.82, 2.24) is 15.1 Å². The first-order valence-corrected chi connectivity index (χ1v) is 9.19. The molecule has 1 atom stereocenters. The molecule has 1 aromatic heterocycles. The topological polar surface area (TPSA) is 64.0 Å². The van der Waals surface area contributed by atoms with E-state index in [0.717, 1.165) is 0 Å². The minimum absolute atomic E-state index is 0.104. The van der Waals surface area contributed by atoms with E-state index in [1.165, 1.54) is 10.7 Å². The highest BCUT2D eigenvalue weighted by Crippen LogP contribution is 2.19. The number of halogens is 1. The number of hydrogen-bond acceptors (Lipinski definition) is 3. The molecule has 3 aromatic carbocycles. The number of carbonyl (C=O) groups excluding carboxylic acids is 1. The Morgan fingerprint density at radius 2 is 1.55 bits per heavy atom. The second-order valence-electron chi connectivity index (χ2n) is 6.66. The lowest BCUT2D eigenvalue weighted by Crippen LogP contribution is -2.31. The zero-order valence-corrected chi connectivity index (χ0v) is 15.7. The van der Waals surface area contributed by atoms with E-state index in [9.17, 15) is 14.0 Å². The van der Waals surface area contributed by atoms with E-state index in [2.05, 4.69) is 10.4 Å². The Bertz CT molecular complexity index is 1250. The summed E-state index contributed by atoms with van der Waals surface area (Å²) >= 11 is 0. The summed E-state index contributed by atoms with van der Waals surface area (Å²) in [7, 11) is 0. The fraction of sp³-hybridized carbons (Fsp3) is 0.0870. The van der Waals surface area contributed by atoms with Gasteiger partial charge in [0.15, 0.2) is 5.69 Å². The monoisotopic (exact) mass is 387 g/mol. The van der Waals surface area contributed by atoms with Crippen LogP contribution >= 0.6 is 0 Å². The second kappa shape index (κ2) is 7.67. The van der Waals surface area contributed by atoms with E-state index in [0.29, 0.717) is 22.0 Å². The van der Waals surface area contributed by atoms with Gasteiger partial charge in [0, 0.05) is 10.9 Å². The Balaban J connectivity index is 1.81. The van der Waals surface area contributed by atoms with Crippen LogP contribution in [0.5, 0.6) is 0 Å². The zero-order chi connectivity index (χ0) is 20.4. The highest BCUT2D eigenvalue weighted by atomic mass is 19.1. The van der Waals surface area contributed by atoms with Crippen LogP contribution in [-0.2, 0) is 0 Å². The molecule has 1 amide bonds. The first-order valence-electron chi connectivity index (χ1n) is 9.19. The highest BCUT2D eigenvalue weighted by molar-refractivity contribution is 6.05. The van der Waals surface area contributed by atoms with Crippen molar-refractivity contribution >= 4 is 16.7 Å². The third-order valence-electron chi connectivity index (χ3n) is 4.74. The molecule has 0 radical (unpaired) electrons. The van der Waals surface area contributed by atoms with Gasteiger partial charge in [-0.25, -0.2) is 4.39 Å². The predicted molar refractivity (Wildman–Crippen MR) is 110 cm³/mol. The van der Waals surface area contributed by atoms with Crippen LogP contribution in [0.4, 0.5) is 4.39 Å². The second-order valence-corrected chi connectivity index (χ2v) is 6.66. The third kappa shape index (κ3) is 3.52. The summed E-state index contributed by atoms with van der Waals surface area (Å²) in [5.74, 6) is -0.881. The predicted octanol–water partition coefficient (Wildman–Crippen LogP) is 4.02. The van der Waals surface area contributed by atoms with Gasteiger partial charge in [-0.15, -0.1) is 0 Å². The van der Waals surface area contributed by atoms with Crippen LogP contribution in [0.3, 0.4) is 0 Å². The lowest BCUT2D eigenvalue weighted by atomic mass is 10.1. The summed E-state index contributed by atoms with van der Waals surface area (Å²) < 4.78 is 15.3. The molecule has 1 heterocycles. The van der Waals surface area contributed by atoms with Gasteiger partial charge >= 0.3 is 0 Å². The average Bonchev–Trinajstić information content (AvgIpc) is 2.75.